The molecule has 6 heteroatoms. The van der Waals surface area contributed by atoms with Gasteiger partial charge in [0.05, 0.1) is 12.7 Å². The topological polar surface area (TPSA) is 96.3 Å². The number of nitriles is 1. The molecule has 0 saturated heterocycles. The number of nitrogens with one attached hydrogen (secondary N) is 1. The zero-order chi connectivity index (χ0) is 31.7. The van der Waals surface area contributed by atoms with Gasteiger partial charge in [0.2, 0.25) is 5.91 Å². The van der Waals surface area contributed by atoms with Gasteiger partial charge in [-0.05, 0) is 80.1 Å². The smallest absolute Gasteiger partial charge is 0.249 e. The van der Waals surface area contributed by atoms with Crippen molar-refractivity contribution in [1.82, 2.24) is 5.48 Å². The second-order valence-electron chi connectivity index (χ2n) is 15.6. The average molecular weight is 569 g/mol. The van der Waals surface area contributed by atoms with Gasteiger partial charge in [0, 0.05) is 16.2 Å². The lowest BCUT2D eigenvalue weighted by atomic mass is 9.42. The first-order valence-corrected chi connectivity index (χ1v) is 15.4. The van der Waals surface area contributed by atoms with Gasteiger partial charge < -0.3 is 0 Å². The Morgan fingerprint density at radius 2 is 1.66 bits per heavy atom. The Bertz CT molecular complexity index is 1140. The van der Waals surface area contributed by atoms with Crippen molar-refractivity contribution in [2.45, 2.75) is 128 Å². The number of Topliss-reactive ketones (excluding diaryl/α,β-unsaturated/α-hetero) is 1. The average Bonchev–Trinajstić information content (AvgIpc) is 2.86. The lowest BCUT2D eigenvalue weighted by Gasteiger charge is -2.61. The molecule has 0 spiro atoms. The summed E-state index contributed by atoms with van der Waals surface area (Å²) in [5.41, 5.74) is 1.32. The van der Waals surface area contributed by atoms with E-state index in [0.717, 1.165) is 50.5 Å². The standard InChI is InChI=1S/C35H56N2O4/c1-13-15-30(3,4)17-19-33(9,29(40)37-41-12)20-18-31(5,6)35(11)16-14-26-32(7,8)28(39)25(23-36)22-34(26,10)27(35)21-24(2)38/h21-22,26H,13-20H2,1-12H3,(H,37,40)/b27-21-/t26-,33-,34-,35+/m0/s1. The number of ketones is 2. The van der Waals surface area contributed by atoms with Gasteiger partial charge in [-0.1, -0.05) is 87.3 Å². The van der Waals surface area contributed by atoms with Crippen LogP contribution in [-0.2, 0) is 19.2 Å². The maximum atomic E-state index is 13.4. The first kappa shape index (κ1) is 34.9. The van der Waals surface area contributed by atoms with Crippen LogP contribution in [0.25, 0.3) is 0 Å². The summed E-state index contributed by atoms with van der Waals surface area (Å²) >= 11 is 0. The lowest BCUT2D eigenvalue weighted by molar-refractivity contribution is -0.143. The van der Waals surface area contributed by atoms with E-state index in [1.54, 1.807) is 13.0 Å². The van der Waals surface area contributed by atoms with Crippen LogP contribution in [0, 0.1) is 49.7 Å². The predicted octanol–water partition coefficient (Wildman–Crippen LogP) is 8.08. The van der Waals surface area contributed by atoms with Crippen LogP contribution in [0.3, 0.4) is 0 Å². The van der Waals surface area contributed by atoms with E-state index in [1.165, 1.54) is 7.11 Å². The van der Waals surface area contributed by atoms with E-state index in [2.05, 4.69) is 60.0 Å². The van der Waals surface area contributed by atoms with Crippen LogP contribution in [-0.4, -0.2) is 24.6 Å². The zero-order valence-corrected chi connectivity index (χ0v) is 28.0. The molecule has 6 nitrogen and oxygen atoms in total. The predicted molar refractivity (Wildman–Crippen MR) is 164 cm³/mol. The Balaban J connectivity index is 2.55. The van der Waals surface area contributed by atoms with Crippen LogP contribution in [0.5, 0.6) is 0 Å². The third-order valence-electron chi connectivity index (χ3n) is 11.3. The summed E-state index contributed by atoms with van der Waals surface area (Å²) in [6.45, 7) is 23.1. The number of carbonyl (C=O) groups excluding carboxylic acids is 3. The minimum Gasteiger partial charge on any atom is -0.295 e. The van der Waals surface area contributed by atoms with E-state index >= 15 is 0 Å². The molecule has 1 fully saturated rings. The third-order valence-corrected chi connectivity index (χ3v) is 11.3. The van der Waals surface area contributed by atoms with Crippen molar-refractivity contribution < 1.29 is 19.2 Å². The molecule has 0 aromatic carbocycles. The molecular formula is C35H56N2O4. The largest absolute Gasteiger partial charge is 0.295 e. The molecule has 0 bridgehead atoms. The Kier molecular flexibility index (Phi) is 10.4. The van der Waals surface area contributed by atoms with E-state index < -0.39 is 21.7 Å². The summed E-state index contributed by atoms with van der Waals surface area (Å²) in [7, 11) is 1.47. The van der Waals surface area contributed by atoms with Gasteiger partial charge in [-0.3, -0.25) is 19.2 Å². The molecule has 230 valence electrons. The summed E-state index contributed by atoms with van der Waals surface area (Å²) < 4.78 is 0. The molecular weight excluding hydrogens is 512 g/mol. The van der Waals surface area contributed by atoms with Crippen molar-refractivity contribution in [3.63, 3.8) is 0 Å². The van der Waals surface area contributed by atoms with Crippen molar-refractivity contribution in [3.8, 4) is 6.07 Å². The molecule has 0 radical (unpaired) electrons. The summed E-state index contributed by atoms with van der Waals surface area (Å²) in [5, 5.41) is 9.89. The molecule has 2 aliphatic carbocycles. The molecule has 1 N–H and O–H groups in total. The number of fused-ring (bicyclic) bond motifs is 1. The van der Waals surface area contributed by atoms with E-state index in [0.29, 0.717) is 6.42 Å². The van der Waals surface area contributed by atoms with Crippen molar-refractivity contribution in [3.05, 3.63) is 23.3 Å². The lowest BCUT2D eigenvalue weighted by Crippen LogP contribution is -2.56. The first-order chi connectivity index (χ1) is 18.7. The molecule has 0 aromatic rings. The van der Waals surface area contributed by atoms with E-state index in [9.17, 15) is 19.6 Å². The van der Waals surface area contributed by atoms with Gasteiger partial charge in [0.25, 0.3) is 0 Å². The van der Waals surface area contributed by atoms with Crippen LogP contribution < -0.4 is 5.48 Å². The van der Waals surface area contributed by atoms with Gasteiger partial charge in [0.1, 0.15) is 6.07 Å². The molecule has 1 amide bonds. The molecule has 0 unspecified atom stereocenters. The fraction of sp³-hybridized carbons (Fsp3) is 0.771. The van der Waals surface area contributed by atoms with Crippen molar-refractivity contribution in [1.29, 1.82) is 5.26 Å². The molecule has 0 aromatic heterocycles. The van der Waals surface area contributed by atoms with Crippen molar-refractivity contribution >= 4 is 17.5 Å². The monoisotopic (exact) mass is 568 g/mol. The first-order valence-electron chi connectivity index (χ1n) is 15.4. The highest BCUT2D eigenvalue weighted by molar-refractivity contribution is 6.04. The van der Waals surface area contributed by atoms with Gasteiger partial charge in [-0.25, -0.2) is 5.48 Å². The molecule has 2 rings (SSSR count). The normalized spacial score (nSPS) is 28.8. The zero-order valence-electron chi connectivity index (χ0n) is 28.0. The van der Waals surface area contributed by atoms with Crippen LogP contribution >= 0.6 is 0 Å². The highest BCUT2D eigenvalue weighted by Crippen LogP contribution is 2.67. The van der Waals surface area contributed by atoms with Gasteiger partial charge >= 0.3 is 0 Å². The maximum absolute atomic E-state index is 13.4. The second-order valence-corrected chi connectivity index (χ2v) is 15.6. The summed E-state index contributed by atoms with van der Waals surface area (Å²) in [5.74, 6) is -0.267. The second kappa shape index (κ2) is 12.2. The van der Waals surface area contributed by atoms with Gasteiger partial charge in [-0.2, -0.15) is 5.26 Å². The Hall–Kier alpha value is -2.26. The quantitative estimate of drug-likeness (QED) is 0.190. The molecule has 41 heavy (non-hydrogen) atoms. The highest BCUT2D eigenvalue weighted by atomic mass is 16.6. The Morgan fingerprint density at radius 1 is 1.07 bits per heavy atom. The summed E-state index contributed by atoms with van der Waals surface area (Å²) in [6.07, 6.45) is 10.6. The molecule has 4 atom stereocenters. The Morgan fingerprint density at radius 3 is 2.17 bits per heavy atom. The van der Waals surface area contributed by atoms with Crippen LogP contribution in [0.15, 0.2) is 23.3 Å². The number of allylic oxidation sites excluding steroid dienone is 4. The fourth-order valence-electron chi connectivity index (χ4n) is 7.96. The summed E-state index contributed by atoms with van der Waals surface area (Å²) in [6, 6.07) is 2.16. The van der Waals surface area contributed by atoms with E-state index in [-0.39, 0.29) is 39.8 Å². The van der Waals surface area contributed by atoms with E-state index in [1.807, 2.05) is 26.8 Å². The number of hydroxylamine groups is 1. The SMILES string of the molecule is CCCC(C)(C)CC[C@@](C)(CCC(C)(C)[C@]1(C)CC[C@H]2C(C)(C)C(=O)C(C#N)=C[C@]2(C)/C1=C/C(C)=O)C(=O)NOC. The third kappa shape index (κ3) is 6.71. The highest BCUT2D eigenvalue weighted by Gasteiger charge is 2.61. The number of nitrogens with zero attached hydrogens (tertiary/aromatic N) is 1. The molecule has 0 aliphatic heterocycles. The minimum absolute atomic E-state index is 0.0207. The van der Waals surface area contributed by atoms with Crippen molar-refractivity contribution in [2.24, 2.45) is 38.4 Å². The molecule has 1 saturated carbocycles. The van der Waals surface area contributed by atoms with Crippen LogP contribution in [0.2, 0.25) is 0 Å². The molecule has 0 heterocycles. The summed E-state index contributed by atoms with van der Waals surface area (Å²) in [4.78, 5) is 44.4. The number of carbonyl (C=O) groups is 3. The van der Waals surface area contributed by atoms with E-state index in [4.69, 9.17) is 4.84 Å². The van der Waals surface area contributed by atoms with Crippen molar-refractivity contribution in [2.75, 3.05) is 7.11 Å². The molecule has 2 aliphatic rings. The number of amides is 1. The van der Waals surface area contributed by atoms with Crippen LogP contribution in [0.4, 0.5) is 0 Å². The number of hydrogen-bond acceptors (Lipinski definition) is 5. The number of hydrogen-bond donors (Lipinski definition) is 1. The van der Waals surface area contributed by atoms with Crippen LogP contribution in [0.1, 0.15) is 128 Å². The maximum Gasteiger partial charge on any atom is 0.249 e. The van der Waals surface area contributed by atoms with Gasteiger partial charge in [-0.15, -0.1) is 0 Å². The van der Waals surface area contributed by atoms with Gasteiger partial charge in [0.15, 0.2) is 11.6 Å². The number of rotatable bonds is 12. The Labute approximate surface area is 249 Å². The fourth-order valence-corrected chi connectivity index (χ4v) is 7.96. The minimum atomic E-state index is -0.710.